The maximum absolute atomic E-state index is 4.34. The van der Waals surface area contributed by atoms with Gasteiger partial charge in [0.1, 0.15) is 0 Å². The van der Waals surface area contributed by atoms with Gasteiger partial charge in [-0.25, -0.2) is 0 Å². The third kappa shape index (κ3) is 1.40. The van der Waals surface area contributed by atoms with E-state index < -0.39 is 0 Å². The molecule has 0 fully saturated rings. The first-order valence-corrected chi connectivity index (χ1v) is 7.47. The van der Waals surface area contributed by atoms with E-state index in [1.807, 2.05) is 12.3 Å². The van der Waals surface area contributed by atoms with Gasteiger partial charge < -0.3 is 0 Å². The fraction of sp³-hybridized carbons (Fsp3) is 0. The van der Waals surface area contributed by atoms with Crippen LogP contribution >= 0.6 is 9.70 Å². The number of hydrogen-bond donors (Lipinski definition) is 0. The van der Waals surface area contributed by atoms with Crippen molar-refractivity contribution >= 4 is 38.0 Å². The minimum atomic E-state index is 1.12. The predicted molar refractivity (Wildman–Crippen MR) is 53.4 cm³/mol. The average molecular weight is 230 g/mol. The van der Waals surface area contributed by atoms with Gasteiger partial charge in [-0.1, -0.05) is 0 Å². The Kier molecular flexibility index (Phi) is 2.44. The number of aromatic nitrogens is 1. The summed E-state index contributed by atoms with van der Waals surface area (Å²) >= 11 is 1.65. The Bertz CT molecular complexity index is 397. The Morgan fingerprint density at radius 2 is 2.00 bits per heavy atom. The van der Waals surface area contributed by atoms with Gasteiger partial charge in [-0.2, -0.15) is 0 Å². The van der Waals surface area contributed by atoms with Gasteiger partial charge in [-0.15, -0.1) is 0 Å². The van der Waals surface area contributed by atoms with Crippen molar-refractivity contribution in [2.75, 3.05) is 0 Å². The molecule has 2 aromatic rings. The standard InChI is InChI=1S/C9H7NS.Ga/c11-8-5-1-3-7-4-2-6-10-9(7)8;/h1-6,11H;/q;+1/p-1. The zero-order valence-electron chi connectivity index (χ0n) is 6.40. The predicted octanol–water partition coefficient (Wildman–Crippen LogP) is 2.41. The van der Waals surface area contributed by atoms with Crippen LogP contribution in [0.15, 0.2) is 41.4 Å². The molecule has 1 nitrogen and oxygen atoms in total. The van der Waals surface area contributed by atoms with E-state index in [1.54, 1.807) is 27.1 Å². The van der Waals surface area contributed by atoms with E-state index in [1.165, 1.54) is 10.3 Å². The minimum absolute atomic E-state index is 1.12. The zero-order chi connectivity index (χ0) is 8.39. The van der Waals surface area contributed by atoms with Crippen molar-refractivity contribution < 1.29 is 0 Å². The molecule has 0 spiro atoms. The third-order valence-corrected chi connectivity index (χ3v) is 3.90. The van der Waals surface area contributed by atoms with Gasteiger partial charge in [0.15, 0.2) is 0 Å². The first-order chi connectivity index (χ1) is 5.92. The van der Waals surface area contributed by atoms with Crippen LogP contribution in [-0.4, -0.2) is 22.4 Å². The number of benzene rings is 1. The average Bonchev–Trinajstić information content (AvgIpc) is 2.17. The Labute approximate surface area is 84.3 Å². The van der Waals surface area contributed by atoms with Gasteiger partial charge in [0.2, 0.25) is 0 Å². The number of hydrogen-bond acceptors (Lipinski definition) is 2. The summed E-state index contributed by atoms with van der Waals surface area (Å²) in [5.41, 5.74) is 1.12. The number of nitrogens with zero attached hydrogens (tertiary/aromatic N) is 1. The summed E-state index contributed by atoms with van der Waals surface area (Å²) in [6.07, 6.45) is 1.84. The molecule has 12 heavy (non-hydrogen) atoms. The van der Waals surface area contributed by atoms with E-state index in [0.717, 1.165) is 5.52 Å². The van der Waals surface area contributed by atoms with Crippen LogP contribution in [0.25, 0.3) is 10.9 Å². The van der Waals surface area contributed by atoms with E-state index >= 15 is 0 Å². The van der Waals surface area contributed by atoms with Crippen molar-refractivity contribution in [3.05, 3.63) is 36.5 Å². The molecule has 0 N–H and O–H groups in total. The number of fused-ring (bicyclic) bond motifs is 1. The summed E-state index contributed by atoms with van der Waals surface area (Å²) in [5.74, 6) is 0. The second kappa shape index (κ2) is 3.56. The van der Waals surface area contributed by atoms with Crippen LogP contribution in [0.5, 0.6) is 0 Å². The van der Waals surface area contributed by atoms with Crippen molar-refractivity contribution in [3.8, 4) is 0 Å². The molecule has 0 amide bonds. The van der Waals surface area contributed by atoms with Crippen LogP contribution in [0.4, 0.5) is 0 Å². The molecule has 1 aromatic heterocycles. The molecule has 0 aliphatic rings. The molecule has 2 radical (unpaired) electrons. The number of para-hydroxylation sites is 1. The summed E-state index contributed by atoms with van der Waals surface area (Å²) in [6.45, 7) is 0. The van der Waals surface area contributed by atoms with Crippen molar-refractivity contribution in [1.82, 2.24) is 4.98 Å². The van der Waals surface area contributed by atoms with E-state index in [0.29, 0.717) is 0 Å². The van der Waals surface area contributed by atoms with E-state index in [-0.39, 0.29) is 0 Å². The van der Waals surface area contributed by atoms with E-state index in [4.69, 9.17) is 0 Å². The molecule has 0 saturated carbocycles. The molecule has 56 valence electrons. The number of rotatable bonds is 1. The van der Waals surface area contributed by atoms with Crippen LogP contribution < -0.4 is 0 Å². The summed E-state index contributed by atoms with van der Waals surface area (Å²) in [7, 11) is 1.80. The van der Waals surface area contributed by atoms with Crippen LogP contribution in [0, 0.1) is 0 Å². The van der Waals surface area contributed by atoms with E-state index in [2.05, 4.69) is 29.2 Å². The van der Waals surface area contributed by atoms with Crippen molar-refractivity contribution in [1.29, 1.82) is 0 Å². The summed E-state index contributed by atoms with van der Waals surface area (Å²) < 4.78 is 0. The van der Waals surface area contributed by atoms with Gasteiger partial charge >= 0.3 is 84.4 Å². The first kappa shape index (κ1) is 8.23. The molecule has 0 bridgehead atoms. The quantitative estimate of drug-likeness (QED) is 0.697. The zero-order valence-corrected chi connectivity index (χ0v) is 9.64. The van der Waals surface area contributed by atoms with Gasteiger partial charge in [-0.3, -0.25) is 0 Å². The van der Waals surface area contributed by atoms with Crippen molar-refractivity contribution in [2.24, 2.45) is 0 Å². The molecule has 0 saturated heterocycles. The topological polar surface area (TPSA) is 12.9 Å². The van der Waals surface area contributed by atoms with Crippen LogP contribution in [0.2, 0.25) is 0 Å². The normalized spacial score (nSPS) is 10.3. The summed E-state index contributed by atoms with van der Waals surface area (Å²) in [6, 6.07) is 10.3. The summed E-state index contributed by atoms with van der Waals surface area (Å²) in [4.78, 5) is 5.61. The van der Waals surface area contributed by atoms with Crippen molar-refractivity contribution in [2.45, 2.75) is 4.90 Å². The molecule has 0 unspecified atom stereocenters. The molecular weight excluding hydrogens is 224 g/mol. The Morgan fingerprint density at radius 1 is 1.17 bits per heavy atom. The molecule has 1 aromatic carbocycles. The van der Waals surface area contributed by atoms with E-state index in [9.17, 15) is 0 Å². The summed E-state index contributed by atoms with van der Waals surface area (Å²) in [5, 5.41) is 1.22. The SMILES string of the molecule is [Ga][S]c1cccc2cccnc12. The molecule has 3 heteroatoms. The van der Waals surface area contributed by atoms with Gasteiger partial charge in [0.05, 0.1) is 0 Å². The third-order valence-electron chi connectivity index (χ3n) is 1.72. The van der Waals surface area contributed by atoms with Gasteiger partial charge in [0, 0.05) is 0 Å². The van der Waals surface area contributed by atoms with Crippen LogP contribution in [0.1, 0.15) is 0 Å². The van der Waals surface area contributed by atoms with Gasteiger partial charge in [-0.05, 0) is 0 Å². The van der Waals surface area contributed by atoms with Crippen LogP contribution in [-0.2, 0) is 0 Å². The molecule has 2 rings (SSSR count). The van der Waals surface area contributed by atoms with Gasteiger partial charge in [0.25, 0.3) is 0 Å². The number of pyridine rings is 1. The Balaban J connectivity index is 2.79. The Hall–Kier alpha value is -0.384. The molecule has 0 aliphatic heterocycles. The second-order valence-corrected chi connectivity index (χ2v) is 4.61. The van der Waals surface area contributed by atoms with Crippen molar-refractivity contribution in [3.63, 3.8) is 0 Å². The fourth-order valence-corrected chi connectivity index (χ4v) is 2.81. The second-order valence-electron chi connectivity index (χ2n) is 2.45. The van der Waals surface area contributed by atoms with Crippen LogP contribution in [0.3, 0.4) is 0 Å². The fourth-order valence-electron chi connectivity index (χ4n) is 1.17. The molecule has 0 aliphatic carbocycles. The molecule has 0 atom stereocenters. The molecule has 1 heterocycles. The monoisotopic (exact) mass is 229 g/mol. The molecular formula is C9H6GaNS. The Morgan fingerprint density at radius 3 is 2.83 bits per heavy atom. The maximum atomic E-state index is 4.34. The first-order valence-electron chi connectivity index (χ1n) is 3.62.